The summed E-state index contributed by atoms with van der Waals surface area (Å²) in [6, 6.07) is 10.0. The van der Waals surface area contributed by atoms with Crippen LogP contribution in [-0.2, 0) is 0 Å². The topological polar surface area (TPSA) is 59.0 Å². The third-order valence-electron chi connectivity index (χ3n) is 5.37. The Morgan fingerprint density at radius 3 is 2.46 bits per heavy atom. The highest BCUT2D eigenvalue weighted by Gasteiger charge is 2.35. The Kier molecular flexibility index (Phi) is 5.89. The number of nitrogens with zero attached hydrogens (tertiary/aromatic N) is 1. The van der Waals surface area contributed by atoms with E-state index in [1.54, 1.807) is 11.0 Å². The molecule has 3 rings (SSSR count). The number of amides is 1. The molecule has 0 radical (unpaired) electrons. The molecule has 1 aliphatic heterocycles. The minimum absolute atomic E-state index is 0.105. The second-order valence-electron chi connectivity index (χ2n) is 7.40. The van der Waals surface area contributed by atoms with Crippen LogP contribution in [0.2, 0.25) is 0 Å². The average Bonchev–Trinajstić information content (AvgIpc) is 2.69. The van der Waals surface area contributed by atoms with Crippen molar-refractivity contribution >= 4 is 5.91 Å². The van der Waals surface area contributed by atoms with Crippen molar-refractivity contribution in [3.8, 4) is 11.5 Å². The summed E-state index contributed by atoms with van der Waals surface area (Å²) >= 11 is 0. The highest BCUT2D eigenvalue weighted by Crippen LogP contribution is 2.26. The molecule has 2 aromatic rings. The van der Waals surface area contributed by atoms with Gasteiger partial charge in [0.05, 0.1) is 7.11 Å². The van der Waals surface area contributed by atoms with Crippen LogP contribution in [0.1, 0.15) is 34.3 Å². The fraction of sp³-hybridized carbons (Fsp3) is 0.409. The van der Waals surface area contributed by atoms with Crippen LogP contribution in [0.4, 0.5) is 4.39 Å². The van der Waals surface area contributed by atoms with Crippen LogP contribution in [0.3, 0.4) is 0 Å². The average molecular weight is 387 g/mol. The molecule has 1 heterocycles. The molecule has 0 bridgehead atoms. The van der Waals surface area contributed by atoms with Crippen molar-refractivity contribution in [2.45, 2.75) is 32.3 Å². The van der Waals surface area contributed by atoms with Gasteiger partial charge < -0.3 is 19.5 Å². The summed E-state index contributed by atoms with van der Waals surface area (Å²) < 4.78 is 24.5. The summed E-state index contributed by atoms with van der Waals surface area (Å²) in [7, 11) is 1.38. The van der Waals surface area contributed by atoms with Crippen LogP contribution in [-0.4, -0.2) is 48.3 Å². The molecule has 0 unspecified atom stereocenters. The highest BCUT2D eigenvalue weighted by atomic mass is 19.1. The van der Waals surface area contributed by atoms with Gasteiger partial charge in [-0.05, 0) is 68.1 Å². The maximum absolute atomic E-state index is 13.9. The highest BCUT2D eigenvalue weighted by molar-refractivity contribution is 5.94. The van der Waals surface area contributed by atoms with Crippen LogP contribution >= 0.6 is 0 Å². The lowest BCUT2D eigenvalue weighted by atomic mass is 9.92. The molecule has 0 aromatic heterocycles. The van der Waals surface area contributed by atoms with Gasteiger partial charge >= 0.3 is 0 Å². The number of aliphatic hydroxyl groups is 1. The van der Waals surface area contributed by atoms with E-state index in [4.69, 9.17) is 9.47 Å². The summed E-state index contributed by atoms with van der Waals surface area (Å²) in [5, 5.41) is 10.8. The first kappa shape index (κ1) is 20.1. The van der Waals surface area contributed by atoms with Gasteiger partial charge in [0.2, 0.25) is 0 Å². The van der Waals surface area contributed by atoms with Crippen LogP contribution in [0.5, 0.6) is 11.5 Å². The smallest absolute Gasteiger partial charge is 0.253 e. The van der Waals surface area contributed by atoms with Gasteiger partial charge in [-0.1, -0.05) is 6.07 Å². The van der Waals surface area contributed by atoms with Crippen molar-refractivity contribution in [2.75, 3.05) is 26.8 Å². The molecule has 1 aliphatic rings. The van der Waals surface area contributed by atoms with Crippen molar-refractivity contribution in [3.63, 3.8) is 0 Å². The predicted molar refractivity (Wildman–Crippen MR) is 104 cm³/mol. The lowest BCUT2D eigenvalue weighted by Crippen LogP contribution is -2.49. The third kappa shape index (κ3) is 4.44. The van der Waals surface area contributed by atoms with Crippen LogP contribution in [0.25, 0.3) is 0 Å². The first-order valence-electron chi connectivity index (χ1n) is 9.36. The van der Waals surface area contributed by atoms with Gasteiger partial charge in [0.15, 0.2) is 11.6 Å². The molecule has 6 heteroatoms. The third-order valence-corrected chi connectivity index (χ3v) is 5.37. The zero-order valence-electron chi connectivity index (χ0n) is 16.5. The van der Waals surface area contributed by atoms with E-state index in [-0.39, 0.29) is 23.8 Å². The number of hydrogen-bond acceptors (Lipinski definition) is 4. The Labute approximate surface area is 164 Å². The molecule has 0 spiro atoms. The summed E-state index contributed by atoms with van der Waals surface area (Å²) in [5.41, 5.74) is 1.61. The molecule has 1 amide bonds. The zero-order valence-corrected chi connectivity index (χ0v) is 16.5. The summed E-state index contributed by atoms with van der Waals surface area (Å²) in [6.45, 7) is 5.00. The standard InChI is InChI=1S/C22H26FNO4/c1-15-4-6-18(12-16(15)2)28-14-22(26)8-10-24(11-9-22)21(25)17-5-7-20(27-3)19(23)13-17/h4-7,12-13,26H,8-11,14H2,1-3H3. The number of benzene rings is 2. The number of aryl methyl sites for hydroxylation is 2. The number of ether oxygens (including phenoxy) is 2. The molecule has 1 N–H and O–H groups in total. The summed E-state index contributed by atoms with van der Waals surface area (Å²) in [4.78, 5) is 14.2. The SMILES string of the molecule is COc1ccc(C(=O)N2CCC(O)(COc3ccc(C)c(C)c3)CC2)cc1F. The maximum Gasteiger partial charge on any atom is 0.253 e. The minimum atomic E-state index is -0.985. The quantitative estimate of drug-likeness (QED) is 0.853. The molecule has 28 heavy (non-hydrogen) atoms. The fourth-order valence-electron chi connectivity index (χ4n) is 3.27. The Morgan fingerprint density at radius 1 is 1.14 bits per heavy atom. The Hall–Kier alpha value is -2.60. The monoisotopic (exact) mass is 387 g/mol. The van der Waals surface area contributed by atoms with Crippen molar-refractivity contribution in [1.82, 2.24) is 4.90 Å². The van der Waals surface area contributed by atoms with E-state index in [1.165, 1.54) is 24.8 Å². The predicted octanol–water partition coefficient (Wildman–Crippen LogP) is 3.50. The van der Waals surface area contributed by atoms with E-state index < -0.39 is 11.4 Å². The van der Waals surface area contributed by atoms with Gasteiger partial charge in [0.1, 0.15) is 18.0 Å². The van der Waals surface area contributed by atoms with E-state index in [0.29, 0.717) is 25.9 Å². The number of carbonyl (C=O) groups is 1. The number of methoxy groups -OCH3 is 1. The van der Waals surface area contributed by atoms with Crippen LogP contribution in [0, 0.1) is 19.7 Å². The minimum Gasteiger partial charge on any atom is -0.494 e. The van der Waals surface area contributed by atoms with Gasteiger partial charge in [-0.15, -0.1) is 0 Å². The molecule has 0 aliphatic carbocycles. The van der Waals surface area contributed by atoms with Gasteiger partial charge in [-0.25, -0.2) is 4.39 Å². The molecule has 1 fully saturated rings. The molecular weight excluding hydrogens is 361 g/mol. The van der Waals surface area contributed by atoms with E-state index in [2.05, 4.69) is 0 Å². The van der Waals surface area contributed by atoms with Crippen molar-refractivity contribution in [2.24, 2.45) is 0 Å². The second-order valence-corrected chi connectivity index (χ2v) is 7.40. The van der Waals surface area contributed by atoms with Crippen molar-refractivity contribution < 1.29 is 23.8 Å². The summed E-state index contributed by atoms with van der Waals surface area (Å²) in [5.74, 6) is 0.0131. The van der Waals surface area contributed by atoms with Crippen molar-refractivity contribution in [1.29, 1.82) is 0 Å². The number of hydrogen-bond donors (Lipinski definition) is 1. The molecule has 5 nitrogen and oxygen atoms in total. The van der Waals surface area contributed by atoms with E-state index in [0.717, 1.165) is 11.3 Å². The first-order chi connectivity index (χ1) is 13.3. The van der Waals surface area contributed by atoms with Crippen LogP contribution in [0.15, 0.2) is 36.4 Å². The van der Waals surface area contributed by atoms with Gasteiger partial charge in [0.25, 0.3) is 5.91 Å². The molecular formula is C22H26FNO4. The van der Waals surface area contributed by atoms with Crippen LogP contribution < -0.4 is 9.47 Å². The molecule has 0 saturated carbocycles. The second kappa shape index (κ2) is 8.19. The van der Waals surface area contributed by atoms with E-state index in [9.17, 15) is 14.3 Å². The lowest BCUT2D eigenvalue weighted by molar-refractivity contribution is -0.0475. The molecule has 1 saturated heterocycles. The molecule has 150 valence electrons. The number of likely N-dealkylation sites (tertiary alicyclic amines) is 1. The fourth-order valence-corrected chi connectivity index (χ4v) is 3.27. The van der Waals surface area contributed by atoms with E-state index >= 15 is 0 Å². The van der Waals surface area contributed by atoms with E-state index in [1.807, 2.05) is 32.0 Å². The number of halogens is 1. The van der Waals surface area contributed by atoms with Gasteiger partial charge in [-0.2, -0.15) is 0 Å². The number of rotatable bonds is 5. The zero-order chi connectivity index (χ0) is 20.3. The first-order valence-corrected chi connectivity index (χ1v) is 9.36. The number of piperidine rings is 1. The normalized spacial score (nSPS) is 16.0. The van der Waals surface area contributed by atoms with Gasteiger partial charge in [0, 0.05) is 18.7 Å². The summed E-state index contributed by atoms with van der Waals surface area (Å²) in [6.07, 6.45) is 0.810. The van der Waals surface area contributed by atoms with Gasteiger partial charge in [-0.3, -0.25) is 4.79 Å². The maximum atomic E-state index is 13.9. The largest absolute Gasteiger partial charge is 0.494 e. The molecule has 2 aromatic carbocycles. The molecule has 0 atom stereocenters. The Bertz CT molecular complexity index is 860. The Balaban J connectivity index is 1.57. The lowest BCUT2D eigenvalue weighted by Gasteiger charge is -2.38. The van der Waals surface area contributed by atoms with Crippen molar-refractivity contribution in [3.05, 3.63) is 58.9 Å². The Morgan fingerprint density at radius 2 is 1.86 bits per heavy atom. The number of carbonyl (C=O) groups excluding carboxylic acids is 1.